The normalized spacial score (nSPS) is 17.0. The number of hydrogen-bond acceptors (Lipinski definition) is 8. The Morgan fingerprint density at radius 3 is 1.43 bits per heavy atom. The Bertz CT molecular complexity index is 4690. The average Bonchev–Trinajstić information content (AvgIpc) is 0.968. The molecule has 0 saturated carbocycles. The van der Waals surface area contributed by atoms with Crippen molar-refractivity contribution in [2.24, 2.45) is 35.5 Å². The molecule has 6 aliphatic rings. The molecule has 92 heavy (non-hydrogen) atoms. The molecule has 4 amide bonds. The van der Waals surface area contributed by atoms with Crippen molar-refractivity contribution in [1.29, 1.82) is 0 Å². The molecule has 2 atom stereocenters. The van der Waals surface area contributed by atoms with E-state index in [0.29, 0.717) is 100 Å². The second-order valence-corrected chi connectivity index (χ2v) is 25.7. The van der Waals surface area contributed by atoms with Gasteiger partial charge in [0.2, 0.25) is 0 Å². The van der Waals surface area contributed by atoms with Crippen molar-refractivity contribution in [2.75, 3.05) is 24.0 Å². The molecular formula is C82H72N2O8. The molecule has 2 unspecified atom stereocenters. The van der Waals surface area contributed by atoms with E-state index in [1.165, 1.54) is 20.9 Å². The second-order valence-electron chi connectivity index (χ2n) is 25.7. The maximum atomic E-state index is 15.5. The van der Waals surface area contributed by atoms with Gasteiger partial charge in [-0.25, -0.2) is 9.80 Å². The number of rotatable bonds is 16. The fourth-order valence-corrected chi connectivity index (χ4v) is 14.1. The first-order valence-electron chi connectivity index (χ1n) is 31.8. The predicted octanol–water partition coefficient (Wildman–Crippen LogP) is 17.4. The third-order valence-electron chi connectivity index (χ3n) is 18.3. The van der Waals surface area contributed by atoms with Crippen LogP contribution in [0.3, 0.4) is 0 Å². The lowest BCUT2D eigenvalue weighted by Crippen LogP contribution is -2.41. The number of anilines is 2. The minimum Gasteiger partial charge on any atom is -0.495 e. The molecule has 0 bridgehead atoms. The van der Waals surface area contributed by atoms with E-state index in [4.69, 9.17) is 18.9 Å². The smallest absolute Gasteiger partial charge is 0.266 e. The number of carbonyl (C=O) groups excluding carboxylic acids is 4. The zero-order valence-corrected chi connectivity index (χ0v) is 53.5. The average molecular weight is 1210 g/mol. The Hall–Kier alpha value is -10.4. The Morgan fingerprint density at radius 2 is 0.946 bits per heavy atom. The lowest BCUT2D eigenvalue weighted by atomic mass is 9.86. The van der Waals surface area contributed by atoms with Gasteiger partial charge >= 0.3 is 0 Å². The van der Waals surface area contributed by atoms with E-state index in [2.05, 4.69) is 146 Å². The molecule has 0 saturated heterocycles. The Kier molecular flexibility index (Phi) is 16.3. The van der Waals surface area contributed by atoms with E-state index in [1.807, 2.05) is 84.9 Å². The van der Waals surface area contributed by atoms with Gasteiger partial charge in [-0.3, -0.25) is 19.2 Å². The molecule has 7 aromatic carbocycles. The van der Waals surface area contributed by atoms with Gasteiger partial charge < -0.3 is 18.9 Å². The SMILES string of the molecule is COc1c(C#Cc2cccc(C#Cc3cc4c5c(cccc5c3OC)C(=O)N(c3cc(OC(C(C)C)C(C)C)ccc3C3=CC=CC3C3=CC=CC3)C4=O)c2)cc2c3c(cccc13)C(=O)N(c1cc(OC(C(C)C)C(C)C)ccc1C1=CC(C3=CC=CC3)C=C1)C2=O. The van der Waals surface area contributed by atoms with E-state index >= 15 is 19.2 Å². The zero-order valence-electron chi connectivity index (χ0n) is 53.5. The minimum absolute atomic E-state index is 0.0371. The van der Waals surface area contributed by atoms with Crippen LogP contribution >= 0.6 is 0 Å². The molecule has 0 aromatic heterocycles. The third-order valence-corrected chi connectivity index (χ3v) is 18.3. The molecular weight excluding hydrogens is 1140 g/mol. The maximum absolute atomic E-state index is 15.5. The number of hydrogen-bond donors (Lipinski definition) is 0. The van der Waals surface area contributed by atoms with Crippen molar-refractivity contribution in [3.63, 3.8) is 0 Å². The predicted molar refractivity (Wildman–Crippen MR) is 368 cm³/mol. The highest BCUT2D eigenvalue weighted by atomic mass is 16.5. The largest absolute Gasteiger partial charge is 0.495 e. The number of allylic oxidation sites excluding steroid dienone is 16. The first-order chi connectivity index (χ1) is 44.5. The standard InChI is InChI=1S/C82H72N2O8/c1-47(2)75(48(3)4)91-59-37-39-62(56-36-35-55(42-56)53-21-11-12-22-53)71(45-59)83-79(85)67-29-17-27-65-73(67)69(81(83)87)43-57(77(65)89-9)33-31-51-19-15-20-52(41-51)32-34-58-44-70-74-66(78(58)90-10)28-18-30-68(74)80(86)84(82(70)88)72-46-60(92-76(49(5)6)50(7)8)38-40-64(72)63-26-16-25-61(63)54-23-13-14-24-54/h11-21,23,25-30,35-50,55,61,75-76H,22,24H2,1-10H3. The van der Waals surface area contributed by atoms with E-state index in [-0.39, 0.29) is 47.7 Å². The molecule has 2 heterocycles. The highest BCUT2D eigenvalue weighted by molar-refractivity contribution is 6.38. The molecule has 0 spiro atoms. The maximum Gasteiger partial charge on any atom is 0.266 e. The molecule has 0 N–H and O–H groups in total. The quantitative estimate of drug-likeness (QED) is 0.0695. The van der Waals surface area contributed by atoms with Crippen LogP contribution in [0.25, 0.3) is 32.7 Å². The molecule has 10 nitrogen and oxygen atoms in total. The summed E-state index contributed by atoms with van der Waals surface area (Å²) in [7, 11) is 3.12. The first kappa shape index (κ1) is 60.5. The number of imide groups is 2. The van der Waals surface area contributed by atoms with Crippen LogP contribution in [-0.4, -0.2) is 50.1 Å². The molecule has 13 rings (SSSR count). The van der Waals surface area contributed by atoms with E-state index in [1.54, 1.807) is 44.6 Å². The van der Waals surface area contributed by atoms with Crippen LogP contribution in [-0.2, 0) is 0 Å². The summed E-state index contributed by atoms with van der Waals surface area (Å²) >= 11 is 0. The van der Waals surface area contributed by atoms with Crippen LogP contribution in [0.4, 0.5) is 11.4 Å². The van der Waals surface area contributed by atoms with E-state index < -0.39 is 23.6 Å². The molecule has 7 aromatic rings. The summed E-state index contributed by atoms with van der Waals surface area (Å²) in [5, 5.41) is 2.17. The number of nitrogens with zero attached hydrogens (tertiary/aromatic N) is 2. The molecule has 2 aliphatic heterocycles. The van der Waals surface area contributed by atoms with Gasteiger partial charge in [0.1, 0.15) is 35.2 Å². The molecule has 458 valence electrons. The lowest BCUT2D eigenvalue weighted by Gasteiger charge is -2.32. The van der Waals surface area contributed by atoms with Crippen molar-refractivity contribution >= 4 is 67.7 Å². The lowest BCUT2D eigenvalue weighted by molar-refractivity contribution is 0.0876. The monoisotopic (exact) mass is 1210 g/mol. The Labute approximate surface area is 538 Å². The van der Waals surface area contributed by atoms with Gasteiger partial charge in [0.15, 0.2) is 0 Å². The zero-order chi connectivity index (χ0) is 64.2. The van der Waals surface area contributed by atoms with Crippen molar-refractivity contribution in [1.82, 2.24) is 0 Å². The van der Waals surface area contributed by atoms with Crippen molar-refractivity contribution in [2.45, 2.75) is 80.4 Å². The summed E-state index contributed by atoms with van der Waals surface area (Å²) in [6.45, 7) is 17.0. The number of amides is 4. The van der Waals surface area contributed by atoms with Gasteiger partial charge in [0.25, 0.3) is 23.6 Å². The second kappa shape index (κ2) is 24.8. The number of methoxy groups -OCH3 is 2. The highest BCUT2D eigenvalue weighted by Crippen LogP contribution is 2.48. The van der Waals surface area contributed by atoms with Crippen molar-refractivity contribution in [3.05, 3.63) is 249 Å². The summed E-state index contributed by atoms with van der Waals surface area (Å²) in [6.07, 6.45) is 26.9. The highest BCUT2D eigenvalue weighted by Gasteiger charge is 2.40. The van der Waals surface area contributed by atoms with Crippen LogP contribution in [0, 0.1) is 59.2 Å². The van der Waals surface area contributed by atoms with Crippen LogP contribution in [0.15, 0.2) is 193 Å². The number of carbonyl (C=O) groups is 4. The molecule has 4 aliphatic carbocycles. The summed E-state index contributed by atoms with van der Waals surface area (Å²) in [4.78, 5) is 63.6. The van der Waals surface area contributed by atoms with E-state index in [9.17, 15) is 0 Å². The van der Waals surface area contributed by atoms with Gasteiger partial charge in [-0.05, 0) is 114 Å². The van der Waals surface area contributed by atoms with Crippen molar-refractivity contribution in [3.8, 4) is 46.7 Å². The van der Waals surface area contributed by atoms with Gasteiger partial charge in [-0.1, -0.05) is 193 Å². The molecule has 0 radical (unpaired) electrons. The van der Waals surface area contributed by atoms with Gasteiger partial charge in [0.05, 0.1) is 47.8 Å². The number of ether oxygens (including phenoxy) is 4. The summed E-state index contributed by atoms with van der Waals surface area (Å²) in [5.41, 5.74) is 10.3. The summed E-state index contributed by atoms with van der Waals surface area (Å²) < 4.78 is 25.6. The third kappa shape index (κ3) is 10.9. The Balaban J connectivity index is 0.851. The number of benzene rings is 7. The summed E-state index contributed by atoms with van der Waals surface area (Å²) in [6, 6.07) is 33.3. The Morgan fingerprint density at radius 1 is 0.467 bits per heavy atom. The first-order valence-corrected chi connectivity index (χ1v) is 31.8. The summed E-state index contributed by atoms with van der Waals surface area (Å²) in [5.74, 6) is 14.3. The van der Waals surface area contributed by atoms with Gasteiger partial charge in [-0.2, -0.15) is 0 Å². The topological polar surface area (TPSA) is 112 Å². The van der Waals surface area contributed by atoms with Crippen molar-refractivity contribution < 1.29 is 38.1 Å². The van der Waals surface area contributed by atoms with Crippen LogP contribution in [0.2, 0.25) is 0 Å². The van der Waals surface area contributed by atoms with Gasteiger partial charge in [-0.15, -0.1) is 0 Å². The van der Waals surface area contributed by atoms with Crippen LogP contribution in [0.1, 0.15) is 143 Å². The molecule has 10 heteroatoms. The van der Waals surface area contributed by atoms with Gasteiger partial charge in [0, 0.05) is 78.9 Å². The molecule has 0 fully saturated rings. The fraction of sp³-hybridized carbons (Fsp3) is 0.244. The minimum atomic E-state index is -0.491. The fourth-order valence-electron chi connectivity index (χ4n) is 14.1. The van der Waals surface area contributed by atoms with Crippen LogP contribution < -0.4 is 28.7 Å². The van der Waals surface area contributed by atoms with Crippen LogP contribution in [0.5, 0.6) is 23.0 Å². The van der Waals surface area contributed by atoms with E-state index in [0.717, 1.165) is 35.1 Å².